The summed E-state index contributed by atoms with van der Waals surface area (Å²) in [4.78, 5) is 23.8. The van der Waals surface area contributed by atoms with Crippen LogP contribution in [0, 0.1) is 6.92 Å². The second-order valence-corrected chi connectivity index (χ2v) is 4.92. The summed E-state index contributed by atoms with van der Waals surface area (Å²) in [6, 6.07) is 10.6. The Hall–Kier alpha value is -3.08. The third-order valence-electron chi connectivity index (χ3n) is 3.50. The summed E-state index contributed by atoms with van der Waals surface area (Å²) in [5.41, 5.74) is 0.700. The number of carbonyl (C=O) groups is 1. The van der Waals surface area contributed by atoms with E-state index in [4.69, 9.17) is 4.42 Å². The van der Waals surface area contributed by atoms with E-state index in [1.165, 1.54) is 24.3 Å². The number of aromatic hydroxyl groups is 1. The fraction of sp³-hybridized carbons (Fsp3) is 0.0588. The van der Waals surface area contributed by atoms with Crippen LogP contribution in [0.1, 0.15) is 15.9 Å². The highest BCUT2D eigenvalue weighted by Gasteiger charge is 2.17. The summed E-state index contributed by atoms with van der Waals surface area (Å²) >= 11 is 0. The topological polar surface area (TPSA) is 87.7 Å². The molecule has 0 amide bonds. The molecule has 3 rings (SSSR count). The van der Waals surface area contributed by atoms with Gasteiger partial charge in [-0.2, -0.15) is 0 Å². The van der Waals surface area contributed by atoms with Crippen LogP contribution in [0.15, 0.2) is 51.7 Å². The van der Waals surface area contributed by atoms with E-state index in [0.29, 0.717) is 16.9 Å². The van der Waals surface area contributed by atoms with Crippen LogP contribution in [-0.4, -0.2) is 16.2 Å². The zero-order chi connectivity index (χ0) is 15.9. The molecule has 0 atom stereocenters. The summed E-state index contributed by atoms with van der Waals surface area (Å²) < 4.78 is 5.73. The minimum atomic E-state index is -1.16. The maximum absolute atomic E-state index is 12.5. The largest absolute Gasteiger partial charge is 0.508 e. The second-order valence-electron chi connectivity index (χ2n) is 4.92. The van der Waals surface area contributed by atoms with Crippen molar-refractivity contribution < 1.29 is 19.4 Å². The molecule has 1 aromatic heterocycles. The highest BCUT2D eigenvalue weighted by atomic mass is 16.4. The van der Waals surface area contributed by atoms with Gasteiger partial charge in [0, 0.05) is 11.1 Å². The van der Waals surface area contributed by atoms with Crippen LogP contribution in [0.4, 0.5) is 0 Å². The monoisotopic (exact) mass is 296 g/mol. The first-order chi connectivity index (χ1) is 10.5. The van der Waals surface area contributed by atoms with Crippen molar-refractivity contribution in [3.63, 3.8) is 0 Å². The van der Waals surface area contributed by atoms with E-state index in [1.54, 1.807) is 25.1 Å². The van der Waals surface area contributed by atoms with Crippen LogP contribution in [0.5, 0.6) is 5.75 Å². The number of benzene rings is 2. The number of carboxylic acid groups (broad SMARTS) is 1. The third kappa shape index (κ3) is 2.13. The minimum absolute atomic E-state index is 0.0497. The van der Waals surface area contributed by atoms with Gasteiger partial charge in [0.25, 0.3) is 0 Å². The van der Waals surface area contributed by atoms with Crippen molar-refractivity contribution in [2.75, 3.05) is 0 Å². The number of rotatable bonds is 2. The van der Waals surface area contributed by atoms with Gasteiger partial charge in [-0.05, 0) is 43.3 Å². The first kappa shape index (κ1) is 13.9. The maximum Gasteiger partial charge on any atom is 0.339 e. The van der Waals surface area contributed by atoms with Gasteiger partial charge in [0.15, 0.2) is 11.0 Å². The SMILES string of the molecule is Cc1c(-c2ccc(O)cc2)oc2c(C(=O)O)cccc2c1=O. The lowest BCUT2D eigenvalue weighted by Crippen LogP contribution is -2.09. The summed E-state index contributed by atoms with van der Waals surface area (Å²) in [6.45, 7) is 1.63. The van der Waals surface area contributed by atoms with Gasteiger partial charge in [0.2, 0.25) is 0 Å². The Labute approximate surface area is 125 Å². The van der Waals surface area contributed by atoms with E-state index >= 15 is 0 Å². The average molecular weight is 296 g/mol. The van der Waals surface area contributed by atoms with Crippen LogP contribution in [0.3, 0.4) is 0 Å². The molecule has 22 heavy (non-hydrogen) atoms. The molecular weight excluding hydrogens is 284 g/mol. The summed E-state index contributed by atoms with van der Waals surface area (Å²) in [5.74, 6) is -0.767. The molecule has 0 aliphatic carbocycles. The predicted molar refractivity (Wildman–Crippen MR) is 81.3 cm³/mol. The van der Waals surface area contributed by atoms with Crippen molar-refractivity contribution >= 4 is 16.9 Å². The quantitative estimate of drug-likeness (QED) is 0.758. The fourth-order valence-corrected chi connectivity index (χ4v) is 2.37. The molecule has 2 N–H and O–H groups in total. The van der Waals surface area contributed by atoms with E-state index in [9.17, 15) is 19.8 Å². The number of carboxylic acids is 1. The Kier molecular flexibility index (Phi) is 3.18. The van der Waals surface area contributed by atoms with Gasteiger partial charge in [-0.25, -0.2) is 4.79 Å². The van der Waals surface area contributed by atoms with Gasteiger partial charge in [0.1, 0.15) is 17.1 Å². The lowest BCUT2D eigenvalue weighted by molar-refractivity contribution is 0.0698. The molecule has 5 nitrogen and oxygen atoms in total. The molecule has 1 heterocycles. The summed E-state index contributed by atoms with van der Waals surface area (Å²) in [7, 11) is 0. The Balaban J connectivity index is 2.39. The summed E-state index contributed by atoms with van der Waals surface area (Å²) in [6.07, 6.45) is 0. The molecule has 5 heteroatoms. The Morgan fingerprint density at radius 3 is 2.41 bits per heavy atom. The smallest absolute Gasteiger partial charge is 0.339 e. The summed E-state index contributed by atoms with van der Waals surface area (Å²) in [5, 5.41) is 18.8. The van der Waals surface area contributed by atoms with E-state index in [0.717, 1.165) is 0 Å². The average Bonchev–Trinajstić information content (AvgIpc) is 2.51. The first-order valence-corrected chi connectivity index (χ1v) is 6.58. The molecule has 0 unspecified atom stereocenters. The molecular formula is C17H12O5. The molecule has 0 saturated carbocycles. The normalized spacial score (nSPS) is 10.8. The fourth-order valence-electron chi connectivity index (χ4n) is 2.37. The molecule has 0 aliphatic rings. The van der Waals surface area contributed by atoms with Crippen LogP contribution in [0.2, 0.25) is 0 Å². The van der Waals surface area contributed by atoms with Crippen LogP contribution >= 0.6 is 0 Å². The van der Waals surface area contributed by atoms with E-state index in [-0.39, 0.29) is 27.7 Å². The second kappa shape index (κ2) is 5.04. The molecule has 0 fully saturated rings. The predicted octanol–water partition coefficient (Wildman–Crippen LogP) is 3.17. The van der Waals surface area contributed by atoms with Gasteiger partial charge < -0.3 is 14.6 Å². The number of fused-ring (bicyclic) bond motifs is 1. The first-order valence-electron chi connectivity index (χ1n) is 6.58. The van der Waals surface area contributed by atoms with Gasteiger partial charge in [-0.15, -0.1) is 0 Å². The van der Waals surface area contributed by atoms with Crippen molar-refractivity contribution in [2.24, 2.45) is 0 Å². The highest BCUT2D eigenvalue weighted by molar-refractivity contribution is 6.01. The molecule has 2 aromatic carbocycles. The van der Waals surface area contributed by atoms with Crippen LogP contribution in [-0.2, 0) is 0 Å². The lowest BCUT2D eigenvalue weighted by atomic mass is 10.0. The van der Waals surface area contributed by atoms with Crippen molar-refractivity contribution in [3.05, 3.63) is 63.8 Å². The maximum atomic E-state index is 12.5. The van der Waals surface area contributed by atoms with E-state index < -0.39 is 5.97 Å². The Morgan fingerprint density at radius 2 is 1.77 bits per heavy atom. The number of hydrogen-bond donors (Lipinski definition) is 2. The molecule has 0 saturated heterocycles. The Bertz CT molecular complexity index is 936. The Morgan fingerprint density at radius 1 is 1.09 bits per heavy atom. The molecule has 0 bridgehead atoms. The van der Waals surface area contributed by atoms with Crippen molar-refractivity contribution in [2.45, 2.75) is 6.92 Å². The van der Waals surface area contributed by atoms with Gasteiger partial charge in [-0.3, -0.25) is 4.79 Å². The van der Waals surface area contributed by atoms with Crippen molar-refractivity contribution in [3.8, 4) is 17.1 Å². The van der Waals surface area contributed by atoms with Crippen LogP contribution in [0.25, 0.3) is 22.3 Å². The van der Waals surface area contributed by atoms with Gasteiger partial charge in [-0.1, -0.05) is 6.07 Å². The standard InChI is InChI=1S/C17H12O5/c1-9-14(19)12-3-2-4-13(17(20)21)16(12)22-15(9)10-5-7-11(18)8-6-10/h2-8,18H,1H3,(H,20,21). The number of phenolic OH excluding ortho intramolecular Hbond substituents is 1. The molecule has 0 radical (unpaired) electrons. The highest BCUT2D eigenvalue weighted by Crippen LogP contribution is 2.28. The number of phenols is 1. The zero-order valence-electron chi connectivity index (χ0n) is 11.7. The zero-order valence-corrected chi connectivity index (χ0v) is 11.7. The number of para-hydroxylation sites is 1. The van der Waals surface area contributed by atoms with E-state index in [1.807, 2.05) is 0 Å². The lowest BCUT2D eigenvalue weighted by Gasteiger charge is -2.08. The molecule has 0 aliphatic heterocycles. The molecule has 3 aromatic rings. The number of hydrogen-bond acceptors (Lipinski definition) is 4. The number of aromatic carboxylic acids is 1. The van der Waals surface area contributed by atoms with Gasteiger partial charge in [0.05, 0.1) is 5.39 Å². The molecule has 0 spiro atoms. The molecule has 110 valence electrons. The minimum Gasteiger partial charge on any atom is -0.508 e. The van der Waals surface area contributed by atoms with Crippen molar-refractivity contribution in [1.82, 2.24) is 0 Å². The van der Waals surface area contributed by atoms with Crippen LogP contribution < -0.4 is 5.43 Å². The third-order valence-corrected chi connectivity index (χ3v) is 3.50. The van der Waals surface area contributed by atoms with Crippen molar-refractivity contribution in [1.29, 1.82) is 0 Å². The van der Waals surface area contributed by atoms with Gasteiger partial charge >= 0.3 is 5.97 Å². The van der Waals surface area contributed by atoms with E-state index in [2.05, 4.69) is 0 Å².